The van der Waals surface area contributed by atoms with Crippen molar-refractivity contribution in [2.45, 2.75) is 90.7 Å². The van der Waals surface area contributed by atoms with E-state index in [1.807, 2.05) is 6.92 Å². The fraction of sp³-hybridized carbons (Fsp3) is 0.630. The van der Waals surface area contributed by atoms with Crippen LogP contribution >= 0.6 is 0 Å². The molecule has 1 aliphatic rings. The fourth-order valence-electron chi connectivity index (χ4n) is 4.81. The van der Waals surface area contributed by atoms with Crippen LogP contribution in [0.3, 0.4) is 0 Å². The number of allylic oxidation sites excluding steroid dienone is 1. The highest BCUT2D eigenvalue weighted by atomic mass is 19.4. The lowest BCUT2D eigenvalue weighted by Crippen LogP contribution is -2.35. The summed E-state index contributed by atoms with van der Waals surface area (Å²) in [6.07, 6.45) is -8.07. The molecule has 1 amide bonds. The van der Waals surface area contributed by atoms with Crippen LogP contribution in [0.25, 0.3) is 0 Å². The van der Waals surface area contributed by atoms with E-state index in [0.717, 1.165) is 12.1 Å². The zero-order chi connectivity index (χ0) is 30.5. The highest BCUT2D eigenvalue weighted by molar-refractivity contribution is 5.89. The largest absolute Gasteiger partial charge is 0.446 e. The number of rotatable bonds is 9. The summed E-state index contributed by atoms with van der Waals surface area (Å²) in [4.78, 5) is 17.4. The predicted molar refractivity (Wildman–Crippen MR) is 142 cm³/mol. The van der Waals surface area contributed by atoms with E-state index in [-0.39, 0.29) is 36.7 Å². The molecule has 2 atom stereocenters. The molecule has 0 spiro atoms. The average Bonchev–Trinajstić information content (AvgIpc) is 3.22. The van der Waals surface area contributed by atoms with Crippen molar-refractivity contribution >= 4 is 17.7 Å². The molecule has 1 aliphatic heterocycles. The molecule has 0 radical (unpaired) electrons. The van der Waals surface area contributed by atoms with Crippen LogP contribution in [0.15, 0.2) is 23.8 Å². The number of benzene rings is 1. The van der Waals surface area contributed by atoms with Gasteiger partial charge in [0, 0.05) is 13.1 Å². The smallest absolute Gasteiger partial charge is 0.416 e. The topological polar surface area (TPSA) is 76.4 Å². The Labute approximate surface area is 235 Å². The second-order valence-electron chi connectivity index (χ2n) is 10.2. The van der Waals surface area contributed by atoms with Crippen LogP contribution in [0.2, 0.25) is 0 Å². The van der Waals surface area contributed by atoms with Gasteiger partial charge in [0.15, 0.2) is 0 Å². The molecule has 0 aliphatic carbocycles. The minimum Gasteiger partial charge on any atom is -0.446 e. The first-order valence-corrected chi connectivity index (χ1v) is 13.6. The number of alkyl halides is 6. The van der Waals surface area contributed by atoms with Gasteiger partial charge in [-0.3, -0.25) is 4.90 Å². The van der Waals surface area contributed by atoms with E-state index in [1.54, 1.807) is 25.8 Å². The van der Waals surface area contributed by atoms with E-state index in [9.17, 15) is 31.1 Å². The number of aromatic nitrogens is 4. The lowest BCUT2D eigenvalue weighted by atomic mass is 9.94. The van der Waals surface area contributed by atoms with Crippen LogP contribution in [-0.2, 0) is 18.0 Å². The zero-order valence-electron chi connectivity index (χ0n) is 23.8. The van der Waals surface area contributed by atoms with Crippen molar-refractivity contribution in [1.82, 2.24) is 20.2 Å². The maximum atomic E-state index is 14.0. The van der Waals surface area contributed by atoms with Gasteiger partial charge in [0.1, 0.15) is 6.10 Å². The first-order chi connectivity index (χ1) is 19.1. The van der Waals surface area contributed by atoms with Gasteiger partial charge in [0.25, 0.3) is 5.95 Å². The summed E-state index contributed by atoms with van der Waals surface area (Å²) in [7, 11) is 1.56. The molecule has 8 nitrogen and oxygen atoms in total. The maximum Gasteiger partial charge on any atom is 0.416 e. The molecule has 2 aromatic rings. The summed E-state index contributed by atoms with van der Waals surface area (Å²) in [5.41, 5.74) is 0.192. The summed E-state index contributed by atoms with van der Waals surface area (Å²) >= 11 is 0. The number of amides is 1. The van der Waals surface area contributed by atoms with Crippen molar-refractivity contribution in [2.75, 3.05) is 22.9 Å². The summed E-state index contributed by atoms with van der Waals surface area (Å²) in [6, 6.07) is 1.81. The van der Waals surface area contributed by atoms with E-state index in [4.69, 9.17) is 4.74 Å². The molecule has 0 saturated carbocycles. The highest BCUT2D eigenvalue weighted by Crippen LogP contribution is 2.43. The van der Waals surface area contributed by atoms with E-state index < -0.39 is 42.6 Å². The number of anilines is 2. The second-order valence-corrected chi connectivity index (χ2v) is 10.2. The number of hydrogen-bond acceptors (Lipinski definition) is 6. The number of nitrogens with zero attached hydrogens (tertiary/aromatic N) is 6. The van der Waals surface area contributed by atoms with Gasteiger partial charge >= 0.3 is 18.4 Å². The predicted octanol–water partition coefficient (Wildman–Crippen LogP) is 7.30. The van der Waals surface area contributed by atoms with Gasteiger partial charge in [-0.05, 0) is 68.4 Å². The molecule has 228 valence electrons. The number of halogens is 6. The van der Waals surface area contributed by atoms with Gasteiger partial charge in [-0.2, -0.15) is 31.1 Å². The number of ether oxygens (including phenoxy) is 1. The third-order valence-corrected chi connectivity index (χ3v) is 7.17. The van der Waals surface area contributed by atoms with Crippen molar-refractivity contribution in [2.24, 2.45) is 7.05 Å². The Kier molecular flexibility index (Phi) is 10.3. The number of aryl methyl sites for hydroxylation is 2. The standard InChI is InChI=1S/C27H36F6N6O2/c1-6-18(4)41-25(40)39-13-8-9-22(20-15-17(3)21(16-23(20)39)27(31,32)33)38(24-34-36-37(5)35-24)14-11-19(7-2)10-12-26(28,29)30/h10,15-16,18,22H,6-9,11-14H2,1-5H3/b19-10+. The monoisotopic (exact) mass is 590 g/mol. The molecule has 0 N–H and O–H groups in total. The Bertz CT molecular complexity index is 1230. The molecular formula is C27H36F6N6O2. The molecule has 1 aromatic heterocycles. The maximum absolute atomic E-state index is 14.0. The van der Waals surface area contributed by atoms with Gasteiger partial charge in [-0.1, -0.05) is 36.7 Å². The number of tetrazole rings is 1. The minimum atomic E-state index is -4.65. The van der Waals surface area contributed by atoms with Crippen LogP contribution < -0.4 is 9.80 Å². The van der Waals surface area contributed by atoms with Crippen LogP contribution in [0.1, 0.15) is 82.0 Å². The first kappa shape index (κ1) is 32.2. The zero-order valence-corrected chi connectivity index (χ0v) is 23.8. The highest BCUT2D eigenvalue weighted by Gasteiger charge is 2.38. The van der Waals surface area contributed by atoms with Gasteiger partial charge in [-0.25, -0.2) is 4.79 Å². The average molecular weight is 591 g/mol. The molecule has 0 saturated heterocycles. The quantitative estimate of drug-likeness (QED) is 0.225. The molecule has 2 heterocycles. The van der Waals surface area contributed by atoms with E-state index in [0.29, 0.717) is 36.8 Å². The number of hydrogen-bond donors (Lipinski definition) is 0. The first-order valence-electron chi connectivity index (χ1n) is 13.6. The number of carbonyl (C=O) groups excluding carboxylic acids is 1. The molecule has 2 unspecified atom stereocenters. The van der Waals surface area contributed by atoms with Gasteiger partial charge in [0.2, 0.25) is 0 Å². The molecule has 0 fully saturated rings. The minimum absolute atomic E-state index is 0.0234. The normalized spacial score (nSPS) is 17.2. The molecule has 3 rings (SSSR count). The van der Waals surface area contributed by atoms with Gasteiger partial charge in [0.05, 0.1) is 30.8 Å². The number of fused-ring (bicyclic) bond motifs is 1. The second kappa shape index (κ2) is 13.1. The van der Waals surface area contributed by atoms with E-state index in [2.05, 4.69) is 15.4 Å². The van der Waals surface area contributed by atoms with Crippen LogP contribution in [0.4, 0.5) is 42.8 Å². The van der Waals surface area contributed by atoms with Crippen LogP contribution in [-0.4, -0.2) is 51.7 Å². The summed E-state index contributed by atoms with van der Waals surface area (Å²) in [5.74, 6) is 0.183. The van der Waals surface area contributed by atoms with Crippen LogP contribution in [0, 0.1) is 6.92 Å². The number of carbonyl (C=O) groups is 1. The molecule has 1 aromatic carbocycles. The van der Waals surface area contributed by atoms with Crippen molar-refractivity contribution in [3.63, 3.8) is 0 Å². The SMILES string of the molecule is CC/C(=C\CC(F)(F)F)CCN(c1nnn(C)n1)C1CCCN(C(=O)OC(C)CC)c2cc(C(F)(F)F)c(C)cc21. The van der Waals surface area contributed by atoms with Crippen molar-refractivity contribution in [3.8, 4) is 0 Å². The van der Waals surface area contributed by atoms with Gasteiger partial charge in [-0.15, -0.1) is 5.10 Å². The Balaban J connectivity index is 2.11. The molecule has 14 heteroatoms. The lowest BCUT2D eigenvalue weighted by Gasteiger charge is -2.33. The summed E-state index contributed by atoms with van der Waals surface area (Å²) in [6.45, 7) is 6.95. The molecular weight excluding hydrogens is 554 g/mol. The van der Waals surface area contributed by atoms with Crippen LogP contribution in [0.5, 0.6) is 0 Å². The Morgan fingerprint density at radius 2 is 1.93 bits per heavy atom. The van der Waals surface area contributed by atoms with Crippen molar-refractivity contribution in [3.05, 3.63) is 40.5 Å². The summed E-state index contributed by atoms with van der Waals surface area (Å²) < 4.78 is 86.0. The third kappa shape index (κ3) is 8.35. The molecule has 41 heavy (non-hydrogen) atoms. The van der Waals surface area contributed by atoms with Gasteiger partial charge < -0.3 is 9.64 Å². The lowest BCUT2D eigenvalue weighted by molar-refractivity contribution is -0.138. The summed E-state index contributed by atoms with van der Waals surface area (Å²) in [5, 5.41) is 12.3. The third-order valence-electron chi connectivity index (χ3n) is 7.17. The Morgan fingerprint density at radius 3 is 2.49 bits per heavy atom. The molecule has 0 bridgehead atoms. The van der Waals surface area contributed by atoms with E-state index in [1.165, 1.54) is 22.7 Å². The fourth-order valence-corrected chi connectivity index (χ4v) is 4.81. The Hall–Kier alpha value is -3.32. The van der Waals surface area contributed by atoms with Crippen molar-refractivity contribution < 1.29 is 35.9 Å². The van der Waals surface area contributed by atoms with Crippen molar-refractivity contribution in [1.29, 1.82) is 0 Å². The Morgan fingerprint density at radius 1 is 1.22 bits per heavy atom. The van der Waals surface area contributed by atoms with E-state index >= 15 is 0 Å².